The molecule has 0 amide bonds. The monoisotopic (exact) mass is 323 g/mol. The first-order valence-corrected chi connectivity index (χ1v) is 7.78. The standard InChI is InChI=1S/C12H16F3N3O2S/c1-2-3-6-21(19,20)18-8-4-5-9(11(16)17)10(7-8)12(13,14)15/h4-5,7,18H,2-3,6H2,1H3,(H3,16,17). The third-order valence-corrected chi connectivity index (χ3v) is 4.03. The Hall–Kier alpha value is -1.77. The van der Waals surface area contributed by atoms with Crippen molar-refractivity contribution < 1.29 is 21.6 Å². The van der Waals surface area contributed by atoms with Crippen LogP contribution in [0.4, 0.5) is 18.9 Å². The minimum atomic E-state index is -4.73. The third kappa shape index (κ3) is 4.92. The number of benzene rings is 1. The lowest BCUT2D eigenvalue weighted by Gasteiger charge is -2.14. The van der Waals surface area contributed by atoms with E-state index in [9.17, 15) is 21.6 Å². The molecule has 0 radical (unpaired) electrons. The first-order valence-electron chi connectivity index (χ1n) is 6.13. The summed E-state index contributed by atoms with van der Waals surface area (Å²) in [5.41, 5.74) is 3.26. The number of sulfonamides is 1. The minimum Gasteiger partial charge on any atom is -0.384 e. The third-order valence-electron chi connectivity index (χ3n) is 2.66. The van der Waals surface area contributed by atoms with Gasteiger partial charge < -0.3 is 5.73 Å². The Kier molecular flexibility index (Phi) is 5.21. The SMILES string of the molecule is CCCCS(=O)(=O)Nc1ccc(C(=N)N)c(C(F)(F)F)c1. The fourth-order valence-corrected chi connectivity index (χ4v) is 2.90. The van der Waals surface area contributed by atoms with E-state index in [4.69, 9.17) is 11.1 Å². The van der Waals surface area contributed by atoms with Crippen LogP contribution in [0.3, 0.4) is 0 Å². The quantitative estimate of drug-likeness (QED) is 0.554. The van der Waals surface area contributed by atoms with Gasteiger partial charge in [-0.1, -0.05) is 13.3 Å². The van der Waals surface area contributed by atoms with Crippen LogP contribution in [0, 0.1) is 5.41 Å². The number of amidine groups is 1. The van der Waals surface area contributed by atoms with Crippen molar-refractivity contribution in [1.82, 2.24) is 0 Å². The highest BCUT2D eigenvalue weighted by atomic mass is 32.2. The maximum absolute atomic E-state index is 12.9. The Bertz CT molecular complexity index is 627. The van der Waals surface area contributed by atoms with Crippen LogP contribution in [-0.2, 0) is 16.2 Å². The van der Waals surface area contributed by atoms with Crippen molar-refractivity contribution in [3.8, 4) is 0 Å². The molecule has 0 saturated heterocycles. The van der Waals surface area contributed by atoms with Gasteiger partial charge >= 0.3 is 6.18 Å². The molecule has 1 rings (SSSR count). The van der Waals surface area contributed by atoms with Crippen molar-refractivity contribution in [2.45, 2.75) is 25.9 Å². The molecule has 21 heavy (non-hydrogen) atoms. The smallest absolute Gasteiger partial charge is 0.384 e. The van der Waals surface area contributed by atoms with E-state index in [1.807, 2.05) is 0 Å². The van der Waals surface area contributed by atoms with Crippen LogP contribution in [-0.4, -0.2) is 20.0 Å². The van der Waals surface area contributed by atoms with E-state index < -0.39 is 33.2 Å². The van der Waals surface area contributed by atoms with Gasteiger partial charge in [-0.25, -0.2) is 8.42 Å². The summed E-state index contributed by atoms with van der Waals surface area (Å²) in [6.45, 7) is 1.80. The molecular weight excluding hydrogens is 307 g/mol. The summed E-state index contributed by atoms with van der Waals surface area (Å²) in [6, 6.07) is 2.76. The van der Waals surface area contributed by atoms with Gasteiger partial charge in [-0.3, -0.25) is 10.1 Å². The maximum Gasteiger partial charge on any atom is 0.417 e. The van der Waals surface area contributed by atoms with Crippen LogP contribution in [0.5, 0.6) is 0 Å². The van der Waals surface area contributed by atoms with Crippen molar-refractivity contribution in [2.75, 3.05) is 10.5 Å². The first kappa shape index (κ1) is 17.3. The first-order chi connectivity index (χ1) is 9.57. The number of nitrogens with one attached hydrogen (secondary N) is 2. The molecule has 0 aliphatic carbocycles. The molecule has 118 valence electrons. The van der Waals surface area contributed by atoms with Gasteiger partial charge in [-0.2, -0.15) is 13.2 Å². The van der Waals surface area contributed by atoms with E-state index in [0.29, 0.717) is 18.9 Å². The highest BCUT2D eigenvalue weighted by molar-refractivity contribution is 7.92. The van der Waals surface area contributed by atoms with Crippen molar-refractivity contribution in [2.24, 2.45) is 5.73 Å². The van der Waals surface area contributed by atoms with Gasteiger partial charge in [0.15, 0.2) is 0 Å². The summed E-state index contributed by atoms with van der Waals surface area (Å²) in [4.78, 5) is 0. The highest BCUT2D eigenvalue weighted by Crippen LogP contribution is 2.33. The topological polar surface area (TPSA) is 96.0 Å². The molecule has 0 spiro atoms. The molecule has 0 aliphatic rings. The van der Waals surface area contributed by atoms with Crippen LogP contribution in [0.2, 0.25) is 0 Å². The average molecular weight is 323 g/mol. The summed E-state index contributed by atoms with van der Waals surface area (Å²) >= 11 is 0. The molecule has 0 bridgehead atoms. The predicted molar refractivity (Wildman–Crippen MR) is 74.8 cm³/mol. The van der Waals surface area contributed by atoms with Crippen LogP contribution >= 0.6 is 0 Å². The molecule has 0 heterocycles. The molecule has 4 N–H and O–H groups in total. The number of hydrogen-bond acceptors (Lipinski definition) is 3. The molecular formula is C12H16F3N3O2S. The number of nitrogen functional groups attached to an aromatic ring is 1. The molecule has 0 aromatic heterocycles. The zero-order valence-corrected chi connectivity index (χ0v) is 12.1. The lowest BCUT2D eigenvalue weighted by atomic mass is 10.1. The Morgan fingerprint density at radius 3 is 2.48 bits per heavy atom. The summed E-state index contributed by atoms with van der Waals surface area (Å²) in [5, 5.41) is 7.14. The number of nitrogens with two attached hydrogens (primary N) is 1. The summed E-state index contributed by atoms with van der Waals surface area (Å²) < 4.78 is 64.1. The summed E-state index contributed by atoms with van der Waals surface area (Å²) in [6.07, 6.45) is -3.67. The van der Waals surface area contributed by atoms with E-state index in [1.54, 1.807) is 6.92 Å². The Morgan fingerprint density at radius 1 is 1.38 bits per heavy atom. The molecule has 0 fully saturated rings. The molecule has 5 nitrogen and oxygen atoms in total. The van der Waals surface area contributed by atoms with Crippen LogP contribution in [0.15, 0.2) is 18.2 Å². The fourth-order valence-electron chi connectivity index (χ4n) is 1.64. The number of halogens is 3. The van der Waals surface area contributed by atoms with Gasteiger partial charge in [0.25, 0.3) is 0 Å². The van der Waals surface area contributed by atoms with Gasteiger partial charge in [0, 0.05) is 11.3 Å². The van der Waals surface area contributed by atoms with E-state index in [2.05, 4.69) is 4.72 Å². The largest absolute Gasteiger partial charge is 0.417 e. The van der Waals surface area contributed by atoms with Crippen LogP contribution in [0.1, 0.15) is 30.9 Å². The van der Waals surface area contributed by atoms with E-state index in [0.717, 1.165) is 12.1 Å². The average Bonchev–Trinajstić information content (AvgIpc) is 2.34. The molecule has 1 aromatic carbocycles. The number of hydrogen-bond donors (Lipinski definition) is 3. The lowest BCUT2D eigenvalue weighted by molar-refractivity contribution is -0.137. The van der Waals surface area contributed by atoms with Crippen molar-refractivity contribution in [3.63, 3.8) is 0 Å². The van der Waals surface area contributed by atoms with Gasteiger partial charge in [0.2, 0.25) is 10.0 Å². The number of anilines is 1. The molecule has 1 aromatic rings. The van der Waals surface area contributed by atoms with Gasteiger partial charge in [0.1, 0.15) is 5.84 Å². The number of unbranched alkanes of at least 4 members (excludes halogenated alkanes) is 1. The second-order valence-electron chi connectivity index (χ2n) is 4.45. The fraction of sp³-hybridized carbons (Fsp3) is 0.417. The molecule has 0 saturated carbocycles. The molecule has 0 aliphatic heterocycles. The maximum atomic E-state index is 12.9. The number of alkyl halides is 3. The summed E-state index contributed by atoms with van der Waals surface area (Å²) in [5.74, 6) is -0.901. The zero-order chi connectivity index (χ0) is 16.3. The second-order valence-corrected chi connectivity index (χ2v) is 6.29. The summed E-state index contributed by atoms with van der Waals surface area (Å²) in [7, 11) is -3.69. The number of rotatable bonds is 6. The molecule has 0 unspecified atom stereocenters. The van der Waals surface area contributed by atoms with Gasteiger partial charge in [-0.15, -0.1) is 0 Å². The minimum absolute atomic E-state index is 0.167. The predicted octanol–water partition coefficient (Wildman–Crippen LogP) is 2.53. The molecule has 0 atom stereocenters. The Balaban J connectivity index is 3.15. The van der Waals surface area contributed by atoms with E-state index in [-0.39, 0.29) is 11.4 Å². The van der Waals surface area contributed by atoms with Crippen molar-refractivity contribution >= 4 is 21.5 Å². The molecule has 9 heteroatoms. The Morgan fingerprint density at radius 2 is 2.00 bits per heavy atom. The normalized spacial score (nSPS) is 12.2. The highest BCUT2D eigenvalue weighted by Gasteiger charge is 2.34. The van der Waals surface area contributed by atoms with Crippen molar-refractivity contribution in [1.29, 1.82) is 5.41 Å². The van der Waals surface area contributed by atoms with E-state index in [1.165, 1.54) is 0 Å². The zero-order valence-electron chi connectivity index (χ0n) is 11.3. The van der Waals surface area contributed by atoms with Gasteiger partial charge in [-0.05, 0) is 24.6 Å². The Labute approximate surface area is 120 Å². The second kappa shape index (κ2) is 6.33. The lowest BCUT2D eigenvalue weighted by Crippen LogP contribution is -2.21. The van der Waals surface area contributed by atoms with Gasteiger partial charge in [0.05, 0.1) is 11.3 Å². The van der Waals surface area contributed by atoms with Crippen molar-refractivity contribution in [3.05, 3.63) is 29.3 Å². The van der Waals surface area contributed by atoms with Crippen LogP contribution < -0.4 is 10.5 Å². The van der Waals surface area contributed by atoms with E-state index >= 15 is 0 Å². The van der Waals surface area contributed by atoms with Crippen LogP contribution in [0.25, 0.3) is 0 Å².